The quantitative estimate of drug-likeness (QED) is 0.463. The van der Waals surface area contributed by atoms with Gasteiger partial charge >= 0.3 is 0 Å². The van der Waals surface area contributed by atoms with Crippen LogP contribution in [0.3, 0.4) is 0 Å². The van der Waals surface area contributed by atoms with E-state index < -0.39 is 5.91 Å². The van der Waals surface area contributed by atoms with Crippen LogP contribution in [0.2, 0.25) is 0 Å². The highest BCUT2D eigenvalue weighted by molar-refractivity contribution is 9.10. The third-order valence-corrected chi connectivity index (χ3v) is 4.72. The lowest BCUT2D eigenvalue weighted by Gasteiger charge is -2.27. The number of rotatable bonds is 2. The summed E-state index contributed by atoms with van der Waals surface area (Å²) in [6.45, 7) is 1.50. The van der Waals surface area contributed by atoms with Crippen molar-refractivity contribution in [2.24, 2.45) is 0 Å². The van der Waals surface area contributed by atoms with Gasteiger partial charge in [0, 0.05) is 58.5 Å². The number of fused-ring (bicyclic) bond motifs is 3. The van der Waals surface area contributed by atoms with Gasteiger partial charge in [-0.15, -0.1) is 0 Å². The molecule has 2 aromatic heterocycles. The fraction of sp³-hybridized carbons (Fsp3) is 0.188. The van der Waals surface area contributed by atoms with Crippen LogP contribution in [0.25, 0.3) is 10.9 Å². The van der Waals surface area contributed by atoms with Gasteiger partial charge in [-0.2, -0.15) is 0 Å². The molecule has 1 aliphatic rings. The van der Waals surface area contributed by atoms with E-state index in [9.17, 15) is 4.79 Å². The molecule has 1 aliphatic heterocycles. The number of aromatic amines is 1. The molecule has 1 aromatic carbocycles. The summed E-state index contributed by atoms with van der Waals surface area (Å²) in [5.41, 5.74) is 5.41. The Balaban J connectivity index is 1.65. The zero-order valence-electron chi connectivity index (χ0n) is 12.6. The lowest BCUT2D eigenvalue weighted by atomic mass is 10.0. The average Bonchev–Trinajstić information content (AvgIpc) is 2.98. The Bertz CT molecular complexity index is 922. The fourth-order valence-electron chi connectivity index (χ4n) is 3.02. The normalized spacial score (nSPS) is 13.8. The number of halogens is 1. The summed E-state index contributed by atoms with van der Waals surface area (Å²) in [5.74, 6) is -0.0524. The fourth-order valence-corrected chi connectivity index (χ4v) is 3.38. The van der Waals surface area contributed by atoms with Crippen LogP contribution in [0.5, 0.6) is 0 Å². The molecule has 0 fully saturated rings. The predicted molar refractivity (Wildman–Crippen MR) is 92.0 cm³/mol. The minimum Gasteiger partial charge on any atom is -0.358 e. The second-order valence-corrected chi connectivity index (χ2v) is 6.57. The van der Waals surface area contributed by atoms with Crippen LogP contribution < -0.4 is 10.4 Å². The molecule has 4 rings (SSSR count). The molecule has 24 heavy (non-hydrogen) atoms. The van der Waals surface area contributed by atoms with E-state index in [2.05, 4.69) is 47.9 Å². The monoisotopic (exact) mass is 387 g/mol. The van der Waals surface area contributed by atoms with Crippen molar-refractivity contribution in [1.82, 2.24) is 20.4 Å². The maximum absolute atomic E-state index is 11.3. The van der Waals surface area contributed by atoms with Gasteiger partial charge in [0.15, 0.2) is 0 Å². The van der Waals surface area contributed by atoms with Crippen molar-refractivity contribution >= 4 is 38.7 Å². The smallest absolute Gasteiger partial charge is 0.277 e. The molecule has 0 radical (unpaired) electrons. The highest BCUT2D eigenvalue weighted by Crippen LogP contribution is 2.30. The largest absolute Gasteiger partial charge is 0.358 e. The number of nitrogens with one attached hydrogen (secondary N) is 2. The van der Waals surface area contributed by atoms with E-state index in [1.54, 1.807) is 5.48 Å². The molecule has 8 heteroatoms. The highest BCUT2D eigenvalue weighted by atomic mass is 79.9. The lowest BCUT2D eigenvalue weighted by molar-refractivity contribution is 0.0705. The van der Waals surface area contributed by atoms with Crippen LogP contribution in [0.15, 0.2) is 35.1 Å². The molecule has 0 saturated carbocycles. The van der Waals surface area contributed by atoms with Crippen LogP contribution in [0, 0.1) is 0 Å². The summed E-state index contributed by atoms with van der Waals surface area (Å²) in [6, 6.07) is 6.21. The molecule has 1 amide bonds. The number of carbonyl (C=O) groups is 1. The third kappa shape index (κ3) is 2.53. The molecule has 3 aromatic rings. The Morgan fingerprint density at radius 2 is 2.12 bits per heavy atom. The van der Waals surface area contributed by atoms with Crippen LogP contribution in [0.1, 0.15) is 21.6 Å². The summed E-state index contributed by atoms with van der Waals surface area (Å²) < 4.78 is 1.05. The van der Waals surface area contributed by atoms with Crippen LogP contribution >= 0.6 is 15.9 Å². The summed E-state index contributed by atoms with van der Waals surface area (Å²) >= 11 is 3.52. The van der Waals surface area contributed by atoms with Crippen molar-refractivity contribution in [3.63, 3.8) is 0 Å². The van der Waals surface area contributed by atoms with E-state index in [1.165, 1.54) is 29.0 Å². The molecule has 0 unspecified atom stereocenters. The molecule has 3 N–H and O–H groups in total. The van der Waals surface area contributed by atoms with Gasteiger partial charge in [-0.25, -0.2) is 15.4 Å². The van der Waals surface area contributed by atoms with Crippen LogP contribution in [-0.4, -0.2) is 32.6 Å². The minimum absolute atomic E-state index is 0.218. The topological polar surface area (TPSA) is 94.1 Å². The molecular weight excluding hydrogens is 374 g/mol. The van der Waals surface area contributed by atoms with E-state index in [-0.39, 0.29) is 5.56 Å². The number of amides is 1. The van der Waals surface area contributed by atoms with Crippen LogP contribution in [-0.2, 0) is 13.0 Å². The number of hydrogen-bond donors (Lipinski definition) is 3. The molecule has 0 spiro atoms. The number of hydrogen-bond acceptors (Lipinski definition) is 5. The number of nitrogens with zero attached hydrogens (tertiary/aromatic N) is 3. The Hall–Kier alpha value is -2.45. The van der Waals surface area contributed by atoms with Gasteiger partial charge in [-0.1, -0.05) is 15.9 Å². The van der Waals surface area contributed by atoms with Crippen molar-refractivity contribution in [3.05, 3.63) is 51.9 Å². The Morgan fingerprint density at radius 3 is 2.88 bits per heavy atom. The van der Waals surface area contributed by atoms with Crippen molar-refractivity contribution < 1.29 is 10.0 Å². The van der Waals surface area contributed by atoms with Crippen molar-refractivity contribution in [2.45, 2.75) is 13.0 Å². The number of hydroxylamine groups is 1. The Labute approximate surface area is 145 Å². The number of benzene rings is 1. The first-order valence-corrected chi connectivity index (χ1v) is 8.25. The van der Waals surface area contributed by atoms with Gasteiger partial charge in [-0.3, -0.25) is 10.0 Å². The highest BCUT2D eigenvalue weighted by Gasteiger charge is 2.22. The molecule has 0 atom stereocenters. The summed E-state index contributed by atoms with van der Waals surface area (Å²) in [4.78, 5) is 25.4. The third-order valence-electron chi connectivity index (χ3n) is 4.22. The zero-order valence-corrected chi connectivity index (χ0v) is 14.2. The zero-order chi connectivity index (χ0) is 16.7. The van der Waals surface area contributed by atoms with Gasteiger partial charge in [0.25, 0.3) is 5.91 Å². The molecule has 3 heterocycles. The Kier molecular flexibility index (Phi) is 3.70. The van der Waals surface area contributed by atoms with Crippen molar-refractivity contribution in [1.29, 1.82) is 0 Å². The number of anilines is 1. The molecule has 0 aliphatic carbocycles. The lowest BCUT2D eigenvalue weighted by Crippen LogP contribution is -2.31. The average molecular weight is 388 g/mol. The van der Waals surface area contributed by atoms with Crippen molar-refractivity contribution in [2.75, 3.05) is 11.4 Å². The van der Waals surface area contributed by atoms with E-state index >= 15 is 0 Å². The van der Waals surface area contributed by atoms with Gasteiger partial charge < -0.3 is 9.88 Å². The SMILES string of the molecule is O=C(NO)c1cnc(N2CCc3[nH]c4ccc(Br)cc4c3C2)nc1. The number of carbonyl (C=O) groups excluding carboxylic acids is 1. The summed E-state index contributed by atoms with van der Waals surface area (Å²) in [7, 11) is 0. The minimum atomic E-state index is -0.621. The standard InChI is InChI=1S/C16H14BrN5O2/c17-10-1-2-13-11(5-10)12-8-22(4-3-14(12)20-13)16-18-6-9(7-19-16)15(23)21-24/h1-2,5-7,20,24H,3-4,8H2,(H,21,23). The molecule has 0 saturated heterocycles. The Morgan fingerprint density at radius 1 is 1.33 bits per heavy atom. The summed E-state index contributed by atoms with van der Waals surface area (Å²) in [6.07, 6.45) is 3.70. The second kappa shape index (κ2) is 5.88. The molecular formula is C16H14BrN5O2. The van der Waals surface area contributed by atoms with Gasteiger partial charge in [0.05, 0.1) is 5.56 Å². The van der Waals surface area contributed by atoms with E-state index in [1.807, 2.05) is 6.07 Å². The van der Waals surface area contributed by atoms with Crippen molar-refractivity contribution in [3.8, 4) is 0 Å². The second-order valence-electron chi connectivity index (χ2n) is 5.66. The molecule has 7 nitrogen and oxygen atoms in total. The van der Waals surface area contributed by atoms with E-state index in [0.717, 1.165) is 23.0 Å². The van der Waals surface area contributed by atoms with Crippen LogP contribution in [0.4, 0.5) is 5.95 Å². The predicted octanol–water partition coefficient (Wildman–Crippen LogP) is 2.40. The number of H-pyrrole nitrogens is 1. The first kappa shape index (κ1) is 15.1. The first-order chi connectivity index (χ1) is 11.7. The maximum atomic E-state index is 11.3. The van der Waals surface area contributed by atoms with Gasteiger partial charge in [0.2, 0.25) is 5.95 Å². The van der Waals surface area contributed by atoms with Gasteiger partial charge in [-0.05, 0) is 18.2 Å². The van der Waals surface area contributed by atoms with Gasteiger partial charge in [0.1, 0.15) is 0 Å². The summed E-state index contributed by atoms with van der Waals surface area (Å²) in [5, 5.41) is 9.84. The number of aromatic nitrogens is 3. The molecule has 122 valence electrons. The molecule has 0 bridgehead atoms. The maximum Gasteiger partial charge on any atom is 0.277 e. The van der Waals surface area contributed by atoms with E-state index in [0.29, 0.717) is 12.5 Å². The first-order valence-electron chi connectivity index (χ1n) is 7.46. The van der Waals surface area contributed by atoms with E-state index in [4.69, 9.17) is 5.21 Å².